The van der Waals surface area contributed by atoms with Crippen LogP contribution in [0.4, 0.5) is 0 Å². The molecule has 70 valence electrons. The topological polar surface area (TPSA) is 23.8 Å². The molecule has 0 amide bonds. The zero-order valence-electron chi connectivity index (χ0n) is 8.54. The average molecular weight is 183 g/mol. The number of hydrogen-bond donors (Lipinski definition) is 0. The van der Waals surface area contributed by atoms with E-state index in [-0.39, 0.29) is 5.41 Å². The summed E-state index contributed by atoms with van der Waals surface area (Å²) in [5.74, 6) is 2.57. The van der Waals surface area contributed by atoms with Crippen molar-refractivity contribution in [3.63, 3.8) is 0 Å². The number of benzene rings is 1. The Bertz CT molecular complexity index is 385. The Hall–Kier alpha value is -1.73. The summed E-state index contributed by atoms with van der Waals surface area (Å²) in [4.78, 5) is 0. The minimum atomic E-state index is -0.308. The molecule has 1 rings (SSSR count). The van der Waals surface area contributed by atoms with Gasteiger partial charge >= 0.3 is 0 Å². The van der Waals surface area contributed by atoms with Crippen molar-refractivity contribution in [2.24, 2.45) is 5.41 Å². The molecule has 0 aromatic heterocycles. The molecule has 1 nitrogen and oxygen atoms in total. The number of terminal acetylenes is 1. The first-order valence-corrected chi connectivity index (χ1v) is 4.54. The van der Waals surface area contributed by atoms with E-state index in [0.717, 1.165) is 17.5 Å². The molecule has 0 aliphatic heterocycles. The molecule has 0 N–H and O–H groups in total. The van der Waals surface area contributed by atoms with Gasteiger partial charge in [-0.25, -0.2) is 0 Å². The minimum Gasteiger partial charge on any atom is -0.198 e. The van der Waals surface area contributed by atoms with Crippen LogP contribution in [0.5, 0.6) is 0 Å². The smallest absolute Gasteiger partial charge is 0.0687 e. The fraction of sp³-hybridized carbons (Fsp3) is 0.308. The van der Waals surface area contributed by atoms with Gasteiger partial charge < -0.3 is 0 Å². The molecule has 1 aromatic rings. The Morgan fingerprint density at radius 3 is 2.29 bits per heavy atom. The van der Waals surface area contributed by atoms with E-state index < -0.39 is 0 Å². The van der Waals surface area contributed by atoms with Crippen LogP contribution in [-0.4, -0.2) is 0 Å². The molecule has 0 saturated heterocycles. The SMILES string of the molecule is C#Cc1ccc(CC(C)(C)C#N)cc1. The third kappa shape index (κ3) is 2.64. The van der Waals surface area contributed by atoms with Crippen molar-refractivity contribution >= 4 is 0 Å². The van der Waals surface area contributed by atoms with Crippen molar-refractivity contribution in [2.45, 2.75) is 20.3 Å². The van der Waals surface area contributed by atoms with E-state index >= 15 is 0 Å². The molecule has 1 heteroatoms. The summed E-state index contributed by atoms with van der Waals surface area (Å²) in [5, 5.41) is 8.87. The van der Waals surface area contributed by atoms with Crippen LogP contribution in [0.3, 0.4) is 0 Å². The standard InChI is InChI=1S/C13H13N/c1-4-11-5-7-12(8-6-11)9-13(2,3)10-14/h1,5-8H,9H2,2-3H3. The van der Waals surface area contributed by atoms with Crippen LogP contribution in [0.1, 0.15) is 25.0 Å². The zero-order chi connectivity index (χ0) is 10.6. The second-order valence-corrected chi connectivity index (χ2v) is 4.01. The maximum atomic E-state index is 8.87. The van der Waals surface area contributed by atoms with Crippen LogP contribution in [-0.2, 0) is 6.42 Å². The number of hydrogen-bond acceptors (Lipinski definition) is 1. The highest BCUT2D eigenvalue weighted by Gasteiger charge is 2.16. The average Bonchev–Trinajstić information content (AvgIpc) is 2.19. The van der Waals surface area contributed by atoms with Crippen molar-refractivity contribution in [2.75, 3.05) is 0 Å². The molecule has 0 radical (unpaired) electrons. The molecule has 0 aliphatic carbocycles. The van der Waals surface area contributed by atoms with Crippen molar-refractivity contribution in [3.05, 3.63) is 35.4 Å². The predicted molar refractivity (Wildman–Crippen MR) is 57.5 cm³/mol. The van der Waals surface area contributed by atoms with E-state index in [0.29, 0.717) is 0 Å². The molecule has 0 atom stereocenters. The quantitative estimate of drug-likeness (QED) is 0.647. The van der Waals surface area contributed by atoms with Gasteiger partial charge in [0.05, 0.1) is 11.5 Å². The molecule has 0 heterocycles. The normalized spacial score (nSPS) is 10.3. The molecule has 0 spiro atoms. The largest absolute Gasteiger partial charge is 0.198 e. The minimum absolute atomic E-state index is 0.308. The van der Waals surface area contributed by atoms with Crippen LogP contribution in [0.15, 0.2) is 24.3 Å². The summed E-state index contributed by atoms with van der Waals surface area (Å²) >= 11 is 0. The molecular formula is C13H13N. The molecular weight excluding hydrogens is 170 g/mol. The van der Waals surface area contributed by atoms with Crippen LogP contribution >= 0.6 is 0 Å². The van der Waals surface area contributed by atoms with Gasteiger partial charge in [0.1, 0.15) is 0 Å². The van der Waals surface area contributed by atoms with E-state index in [2.05, 4.69) is 12.0 Å². The van der Waals surface area contributed by atoms with E-state index in [1.807, 2.05) is 38.1 Å². The first-order valence-electron chi connectivity index (χ1n) is 4.54. The fourth-order valence-corrected chi connectivity index (χ4v) is 1.27. The van der Waals surface area contributed by atoms with E-state index in [1.165, 1.54) is 0 Å². The highest BCUT2D eigenvalue weighted by Crippen LogP contribution is 2.20. The summed E-state index contributed by atoms with van der Waals surface area (Å²) in [6.45, 7) is 3.87. The van der Waals surface area contributed by atoms with Gasteiger partial charge in [0.15, 0.2) is 0 Å². The van der Waals surface area contributed by atoms with E-state index in [4.69, 9.17) is 11.7 Å². The van der Waals surface area contributed by atoms with Gasteiger partial charge in [-0.15, -0.1) is 6.42 Å². The summed E-state index contributed by atoms with van der Waals surface area (Å²) in [6.07, 6.45) is 6.01. The van der Waals surface area contributed by atoms with Crippen LogP contribution < -0.4 is 0 Å². The van der Waals surface area contributed by atoms with Gasteiger partial charge in [0.25, 0.3) is 0 Å². The summed E-state index contributed by atoms with van der Waals surface area (Å²) in [7, 11) is 0. The molecule has 14 heavy (non-hydrogen) atoms. The predicted octanol–water partition coefficient (Wildman–Crippen LogP) is 2.76. The lowest BCUT2D eigenvalue weighted by Crippen LogP contribution is -2.11. The Balaban J connectivity index is 2.81. The molecule has 0 aliphatic rings. The Kier molecular flexibility index (Phi) is 2.95. The van der Waals surface area contributed by atoms with Gasteiger partial charge in [-0.2, -0.15) is 5.26 Å². The highest BCUT2D eigenvalue weighted by atomic mass is 14.3. The van der Waals surface area contributed by atoms with Crippen molar-refractivity contribution in [1.29, 1.82) is 5.26 Å². The lowest BCUT2D eigenvalue weighted by molar-refractivity contribution is 0.493. The first kappa shape index (κ1) is 10.4. The van der Waals surface area contributed by atoms with Crippen LogP contribution in [0.2, 0.25) is 0 Å². The Morgan fingerprint density at radius 2 is 1.86 bits per heavy atom. The molecule has 1 aromatic carbocycles. The molecule has 0 fully saturated rings. The lowest BCUT2D eigenvalue weighted by atomic mass is 9.87. The van der Waals surface area contributed by atoms with Gasteiger partial charge in [-0.1, -0.05) is 18.1 Å². The maximum Gasteiger partial charge on any atom is 0.0687 e. The third-order valence-electron chi connectivity index (χ3n) is 2.07. The summed E-state index contributed by atoms with van der Waals surface area (Å²) < 4.78 is 0. The second-order valence-electron chi connectivity index (χ2n) is 4.01. The second kappa shape index (κ2) is 3.99. The summed E-state index contributed by atoms with van der Waals surface area (Å²) in [5.41, 5.74) is 1.72. The van der Waals surface area contributed by atoms with E-state index in [1.54, 1.807) is 0 Å². The van der Waals surface area contributed by atoms with Gasteiger partial charge in [0.2, 0.25) is 0 Å². The Morgan fingerprint density at radius 1 is 1.29 bits per heavy atom. The maximum absolute atomic E-state index is 8.87. The van der Waals surface area contributed by atoms with Gasteiger partial charge in [-0.3, -0.25) is 0 Å². The summed E-state index contributed by atoms with van der Waals surface area (Å²) in [6, 6.07) is 10.1. The lowest BCUT2D eigenvalue weighted by Gasteiger charge is -2.14. The molecule has 0 saturated carbocycles. The highest BCUT2D eigenvalue weighted by molar-refractivity contribution is 5.34. The van der Waals surface area contributed by atoms with Gasteiger partial charge in [-0.05, 0) is 38.0 Å². The van der Waals surface area contributed by atoms with Gasteiger partial charge in [0, 0.05) is 5.56 Å². The number of rotatable bonds is 2. The third-order valence-corrected chi connectivity index (χ3v) is 2.07. The zero-order valence-corrected chi connectivity index (χ0v) is 8.54. The fourth-order valence-electron chi connectivity index (χ4n) is 1.27. The number of nitrogens with zero attached hydrogens (tertiary/aromatic N) is 1. The molecule has 0 unspecified atom stereocenters. The van der Waals surface area contributed by atoms with Crippen LogP contribution in [0.25, 0.3) is 0 Å². The van der Waals surface area contributed by atoms with Crippen LogP contribution in [0, 0.1) is 29.1 Å². The van der Waals surface area contributed by atoms with E-state index in [9.17, 15) is 0 Å². The van der Waals surface area contributed by atoms with Crippen molar-refractivity contribution in [1.82, 2.24) is 0 Å². The monoisotopic (exact) mass is 183 g/mol. The molecule has 0 bridgehead atoms. The van der Waals surface area contributed by atoms with Crippen molar-refractivity contribution in [3.8, 4) is 18.4 Å². The first-order chi connectivity index (χ1) is 6.57. The number of nitriles is 1. The van der Waals surface area contributed by atoms with Crippen molar-refractivity contribution < 1.29 is 0 Å². The Labute approximate surface area is 85.4 Å².